The lowest BCUT2D eigenvalue weighted by atomic mass is 10.1. The molecule has 0 bridgehead atoms. The number of rotatable bonds is 5. The van der Waals surface area contributed by atoms with E-state index in [0.29, 0.717) is 53.8 Å². The zero-order valence-electron chi connectivity index (χ0n) is 19.7. The molecule has 2 N–H and O–H groups in total. The van der Waals surface area contributed by atoms with Crippen LogP contribution in [0.2, 0.25) is 5.02 Å². The van der Waals surface area contributed by atoms with E-state index >= 15 is 0 Å². The Morgan fingerprint density at radius 3 is 2.50 bits per heavy atom. The van der Waals surface area contributed by atoms with E-state index in [1.165, 1.54) is 0 Å². The Morgan fingerprint density at radius 2 is 1.78 bits per heavy atom. The van der Waals surface area contributed by atoms with Crippen molar-refractivity contribution in [2.45, 2.75) is 11.8 Å². The molecule has 1 saturated heterocycles. The summed E-state index contributed by atoms with van der Waals surface area (Å²) in [6, 6.07) is 16.8. The summed E-state index contributed by atoms with van der Waals surface area (Å²) in [5.74, 6) is 1.38. The zero-order valence-corrected chi connectivity index (χ0v) is 21.3. The number of ether oxygens (including phenoxy) is 1. The summed E-state index contributed by atoms with van der Waals surface area (Å²) in [5.41, 5.74) is 10.2. The molecule has 10 heteroatoms. The van der Waals surface area contributed by atoms with Crippen molar-refractivity contribution >= 4 is 52.9 Å². The van der Waals surface area contributed by atoms with E-state index in [4.69, 9.17) is 27.1 Å². The molecule has 1 aliphatic rings. The van der Waals surface area contributed by atoms with Crippen LogP contribution >= 0.6 is 24.2 Å². The molecule has 2 aromatic carbocycles. The van der Waals surface area contributed by atoms with Gasteiger partial charge in [0, 0.05) is 41.7 Å². The van der Waals surface area contributed by atoms with Crippen LogP contribution in [0.4, 0.5) is 11.8 Å². The normalized spacial score (nSPS) is 13.8. The molecule has 184 valence electrons. The second-order valence-corrected chi connectivity index (χ2v) is 9.52. The highest BCUT2D eigenvalue weighted by atomic mass is 35.5. The first kappa shape index (κ1) is 24.1. The first-order valence-electron chi connectivity index (χ1n) is 11.5. The number of nitrogens with zero attached hydrogens (tertiary/aromatic N) is 5. The zero-order chi connectivity index (χ0) is 25.2. The highest BCUT2D eigenvalue weighted by molar-refractivity contribution is 7.80. The van der Waals surface area contributed by atoms with E-state index < -0.39 is 0 Å². The van der Waals surface area contributed by atoms with Gasteiger partial charge in [0.1, 0.15) is 11.3 Å². The average Bonchev–Trinajstić information content (AvgIpc) is 2.87. The number of halogens is 1. The minimum atomic E-state index is -0.0715. The van der Waals surface area contributed by atoms with Gasteiger partial charge in [0.25, 0.3) is 5.91 Å². The second kappa shape index (κ2) is 10.2. The number of amides is 1. The van der Waals surface area contributed by atoms with Crippen molar-refractivity contribution in [2.75, 3.05) is 43.4 Å². The number of hydrogen-bond acceptors (Lipinski definition) is 8. The number of pyridine rings is 1. The van der Waals surface area contributed by atoms with Crippen molar-refractivity contribution < 1.29 is 9.53 Å². The van der Waals surface area contributed by atoms with E-state index in [2.05, 4.69) is 27.5 Å². The van der Waals surface area contributed by atoms with Crippen LogP contribution in [0.25, 0.3) is 22.3 Å². The molecule has 0 saturated carbocycles. The van der Waals surface area contributed by atoms with Crippen molar-refractivity contribution in [2.24, 2.45) is 0 Å². The Kier molecular flexibility index (Phi) is 6.84. The first-order chi connectivity index (χ1) is 17.4. The molecule has 5 rings (SSSR count). The molecule has 0 atom stereocenters. The third kappa shape index (κ3) is 5.17. The molecule has 36 heavy (non-hydrogen) atoms. The molecule has 8 nitrogen and oxygen atoms in total. The number of benzene rings is 2. The van der Waals surface area contributed by atoms with Gasteiger partial charge in [-0.15, -0.1) is 12.6 Å². The molecule has 0 aliphatic carbocycles. The number of aryl methyl sites for hydroxylation is 1. The number of nitrogen functional groups attached to an aromatic ring is 1. The quantitative estimate of drug-likeness (QED) is 0.379. The fourth-order valence-electron chi connectivity index (χ4n) is 4.18. The van der Waals surface area contributed by atoms with E-state index in [9.17, 15) is 4.79 Å². The van der Waals surface area contributed by atoms with Crippen LogP contribution in [0.15, 0.2) is 59.5 Å². The number of piperazine rings is 1. The molecular formula is C26H25ClN6O2S. The van der Waals surface area contributed by atoms with Crippen LogP contribution in [0.5, 0.6) is 5.75 Å². The number of thiol groups is 1. The predicted octanol–water partition coefficient (Wildman–Crippen LogP) is 4.25. The summed E-state index contributed by atoms with van der Waals surface area (Å²) < 4.78 is 5.62. The van der Waals surface area contributed by atoms with E-state index in [1.54, 1.807) is 29.2 Å². The van der Waals surface area contributed by atoms with Gasteiger partial charge in [-0.05, 0) is 55.0 Å². The molecule has 2 aromatic heterocycles. The Labute approximate surface area is 219 Å². The molecule has 1 fully saturated rings. The van der Waals surface area contributed by atoms with Crippen molar-refractivity contribution in [1.29, 1.82) is 0 Å². The number of hydrogen-bond donors (Lipinski definition) is 2. The van der Waals surface area contributed by atoms with Crippen LogP contribution in [-0.2, 0) is 4.79 Å². The maximum Gasteiger partial charge on any atom is 0.260 e. The molecular weight excluding hydrogens is 496 g/mol. The number of carbonyl (C=O) groups excluding carboxylic acids is 1. The van der Waals surface area contributed by atoms with Gasteiger partial charge in [-0.1, -0.05) is 23.7 Å². The highest BCUT2D eigenvalue weighted by Gasteiger charge is 2.25. The highest BCUT2D eigenvalue weighted by Crippen LogP contribution is 2.30. The minimum Gasteiger partial charge on any atom is -0.484 e. The van der Waals surface area contributed by atoms with Crippen LogP contribution in [-0.4, -0.2) is 58.5 Å². The maximum atomic E-state index is 12.7. The minimum absolute atomic E-state index is 0.0292. The molecule has 0 unspecified atom stereocenters. The topological polar surface area (TPSA) is 97.5 Å². The van der Waals surface area contributed by atoms with Gasteiger partial charge in [-0.25, -0.2) is 9.97 Å². The Bertz CT molecular complexity index is 1420. The lowest BCUT2D eigenvalue weighted by Gasteiger charge is -2.35. The third-order valence-electron chi connectivity index (χ3n) is 6.08. The fraction of sp³-hybridized carbons (Fsp3) is 0.231. The summed E-state index contributed by atoms with van der Waals surface area (Å²) >= 11 is 10.5. The lowest BCUT2D eigenvalue weighted by molar-refractivity contribution is -0.133. The number of fused-ring (bicyclic) bond motifs is 1. The van der Waals surface area contributed by atoms with Gasteiger partial charge < -0.3 is 20.3 Å². The Hall–Kier alpha value is -3.56. The summed E-state index contributed by atoms with van der Waals surface area (Å²) in [6.07, 6.45) is 0. The van der Waals surface area contributed by atoms with Crippen LogP contribution in [0.3, 0.4) is 0 Å². The first-order valence-corrected chi connectivity index (χ1v) is 12.4. The smallest absolute Gasteiger partial charge is 0.260 e. The van der Waals surface area contributed by atoms with Crippen molar-refractivity contribution in [3.63, 3.8) is 0 Å². The summed E-state index contributed by atoms with van der Waals surface area (Å²) in [5, 5.41) is 0.620. The van der Waals surface area contributed by atoms with Gasteiger partial charge in [-0.3, -0.25) is 4.79 Å². The number of anilines is 2. The van der Waals surface area contributed by atoms with Crippen LogP contribution < -0.4 is 15.4 Å². The van der Waals surface area contributed by atoms with Gasteiger partial charge in [0.15, 0.2) is 12.4 Å². The van der Waals surface area contributed by atoms with Crippen molar-refractivity contribution in [1.82, 2.24) is 19.9 Å². The van der Waals surface area contributed by atoms with E-state index in [1.807, 2.05) is 37.3 Å². The number of carbonyl (C=O) groups is 1. The lowest BCUT2D eigenvalue weighted by Crippen LogP contribution is -2.50. The van der Waals surface area contributed by atoms with Crippen LogP contribution in [0.1, 0.15) is 5.56 Å². The average molecular weight is 521 g/mol. The molecule has 1 aliphatic heterocycles. The van der Waals surface area contributed by atoms with Crippen LogP contribution in [0, 0.1) is 6.92 Å². The van der Waals surface area contributed by atoms with Crippen molar-refractivity contribution in [3.8, 4) is 17.0 Å². The summed E-state index contributed by atoms with van der Waals surface area (Å²) in [6.45, 7) is 4.25. The standard InChI is InChI=1S/C26H25ClN6O2S/c1-16-2-7-19(22(36)14-16)20-8-9-21-24(29-20)25(31-26(28)30-21)33-12-10-32(11-13-33)23(34)15-35-18-5-3-17(27)4-6-18/h2-9,14,36H,10-13,15H2,1H3,(H2,28,30,31). The summed E-state index contributed by atoms with van der Waals surface area (Å²) in [7, 11) is 0. The maximum absolute atomic E-state index is 12.7. The molecule has 1 amide bonds. The third-order valence-corrected chi connectivity index (χ3v) is 6.70. The summed E-state index contributed by atoms with van der Waals surface area (Å²) in [4.78, 5) is 31.2. The van der Waals surface area contributed by atoms with E-state index in [-0.39, 0.29) is 18.5 Å². The van der Waals surface area contributed by atoms with E-state index in [0.717, 1.165) is 21.7 Å². The fourth-order valence-corrected chi connectivity index (χ4v) is 4.70. The monoisotopic (exact) mass is 520 g/mol. The number of aromatic nitrogens is 3. The van der Waals surface area contributed by atoms with Gasteiger partial charge >= 0.3 is 0 Å². The Morgan fingerprint density at radius 1 is 1.03 bits per heavy atom. The number of nitrogens with two attached hydrogens (primary N) is 1. The van der Waals surface area contributed by atoms with Gasteiger partial charge in [0.2, 0.25) is 5.95 Å². The SMILES string of the molecule is Cc1ccc(-c2ccc3nc(N)nc(N4CCN(C(=O)COc5ccc(Cl)cc5)CC4)c3n2)c(S)c1. The van der Waals surface area contributed by atoms with Gasteiger partial charge in [0.05, 0.1) is 11.2 Å². The molecule has 4 aromatic rings. The second-order valence-electron chi connectivity index (χ2n) is 8.60. The molecule has 0 spiro atoms. The Balaban J connectivity index is 1.32. The largest absolute Gasteiger partial charge is 0.484 e. The van der Waals surface area contributed by atoms with Crippen molar-refractivity contribution in [3.05, 3.63) is 65.2 Å². The predicted molar refractivity (Wildman–Crippen MR) is 145 cm³/mol. The molecule has 0 radical (unpaired) electrons. The van der Waals surface area contributed by atoms with Gasteiger partial charge in [-0.2, -0.15) is 4.98 Å². The molecule has 3 heterocycles.